The number of carbonyl (C=O) groups excluding carboxylic acids is 1. The van der Waals surface area contributed by atoms with Crippen molar-refractivity contribution < 1.29 is 9.53 Å². The van der Waals surface area contributed by atoms with Crippen LogP contribution in [0.3, 0.4) is 0 Å². The third-order valence-corrected chi connectivity index (χ3v) is 2.19. The summed E-state index contributed by atoms with van der Waals surface area (Å²) < 4.78 is 6.80. The van der Waals surface area contributed by atoms with Gasteiger partial charge in [-0.3, -0.25) is 0 Å². The molecule has 0 unspecified atom stereocenters. The van der Waals surface area contributed by atoms with E-state index >= 15 is 0 Å². The van der Waals surface area contributed by atoms with Crippen molar-refractivity contribution in [1.82, 2.24) is 9.55 Å². The first kappa shape index (κ1) is 12.5. The van der Waals surface area contributed by atoms with Gasteiger partial charge in [-0.2, -0.15) is 0 Å². The number of hydrogen-bond acceptors (Lipinski definition) is 3. The molecule has 0 bridgehead atoms. The van der Waals surface area contributed by atoms with Crippen LogP contribution in [0.5, 0.6) is 0 Å². The van der Waals surface area contributed by atoms with E-state index in [9.17, 15) is 4.79 Å². The van der Waals surface area contributed by atoms with E-state index < -0.39 is 0 Å². The summed E-state index contributed by atoms with van der Waals surface area (Å²) in [6.45, 7) is 8.68. The molecule has 0 saturated heterocycles. The summed E-state index contributed by atoms with van der Waals surface area (Å²) in [5.74, 6) is -0.306. The Kier molecular flexibility index (Phi) is 4.28. The predicted molar refractivity (Wildman–Crippen MR) is 62.4 cm³/mol. The highest BCUT2D eigenvalue weighted by atomic mass is 16.5. The molecular weight excluding hydrogens is 204 g/mol. The highest BCUT2D eigenvalue weighted by Crippen LogP contribution is 2.09. The number of aromatic nitrogens is 2. The number of allylic oxidation sites excluding steroid dienone is 2. The van der Waals surface area contributed by atoms with Crippen LogP contribution in [0.2, 0.25) is 0 Å². The maximum Gasteiger partial charge on any atom is 0.356 e. The average Bonchev–Trinajstić information content (AvgIpc) is 2.57. The van der Waals surface area contributed by atoms with Gasteiger partial charge in [0.25, 0.3) is 0 Å². The molecule has 4 nitrogen and oxygen atoms in total. The van der Waals surface area contributed by atoms with Crippen molar-refractivity contribution in [3.63, 3.8) is 0 Å². The van der Waals surface area contributed by atoms with Gasteiger partial charge < -0.3 is 9.30 Å². The molecule has 0 aromatic carbocycles. The van der Waals surface area contributed by atoms with Crippen LogP contribution in [0, 0.1) is 6.92 Å². The van der Waals surface area contributed by atoms with Gasteiger partial charge in [-0.25, -0.2) is 9.78 Å². The van der Waals surface area contributed by atoms with Crippen molar-refractivity contribution >= 4 is 5.97 Å². The number of nitrogens with zero attached hydrogens (tertiary/aromatic N) is 2. The number of esters is 1. The van der Waals surface area contributed by atoms with Crippen LogP contribution < -0.4 is 0 Å². The molecule has 88 valence electrons. The number of imidazole rings is 1. The van der Waals surface area contributed by atoms with Crippen molar-refractivity contribution in [2.24, 2.45) is 0 Å². The first-order chi connectivity index (χ1) is 7.56. The standard InChI is InChI=1S/C12H18N2O2/c1-5-16-12(15)11-10(4)13-8-14(11)7-6-9(2)3/h6,8H,5,7H2,1-4H3. The molecule has 0 fully saturated rings. The summed E-state index contributed by atoms with van der Waals surface area (Å²) in [5, 5.41) is 0. The van der Waals surface area contributed by atoms with E-state index in [1.54, 1.807) is 17.8 Å². The summed E-state index contributed by atoms with van der Waals surface area (Å²) in [4.78, 5) is 15.8. The van der Waals surface area contributed by atoms with Crippen LogP contribution in [0.15, 0.2) is 18.0 Å². The van der Waals surface area contributed by atoms with Gasteiger partial charge in [0.1, 0.15) is 0 Å². The van der Waals surface area contributed by atoms with E-state index in [1.807, 2.05) is 26.8 Å². The minimum absolute atomic E-state index is 0.306. The van der Waals surface area contributed by atoms with E-state index in [-0.39, 0.29) is 5.97 Å². The largest absolute Gasteiger partial charge is 0.461 e. The third kappa shape index (κ3) is 2.95. The fourth-order valence-corrected chi connectivity index (χ4v) is 1.37. The van der Waals surface area contributed by atoms with E-state index in [0.717, 1.165) is 0 Å². The Labute approximate surface area is 95.9 Å². The Bertz CT molecular complexity index is 401. The van der Waals surface area contributed by atoms with Crippen molar-refractivity contribution in [2.45, 2.75) is 34.2 Å². The van der Waals surface area contributed by atoms with E-state index in [4.69, 9.17) is 4.74 Å². The normalized spacial score (nSPS) is 10.0. The highest BCUT2D eigenvalue weighted by Gasteiger charge is 2.16. The van der Waals surface area contributed by atoms with Gasteiger partial charge in [0.05, 0.1) is 18.6 Å². The zero-order chi connectivity index (χ0) is 12.1. The van der Waals surface area contributed by atoms with E-state index in [2.05, 4.69) is 4.98 Å². The van der Waals surface area contributed by atoms with E-state index in [0.29, 0.717) is 24.5 Å². The molecule has 0 spiro atoms. The van der Waals surface area contributed by atoms with Gasteiger partial charge in [-0.05, 0) is 27.7 Å². The monoisotopic (exact) mass is 222 g/mol. The lowest BCUT2D eigenvalue weighted by molar-refractivity contribution is 0.0513. The third-order valence-electron chi connectivity index (χ3n) is 2.19. The molecule has 1 rings (SSSR count). The van der Waals surface area contributed by atoms with Gasteiger partial charge in [-0.1, -0.05) is 11.6 Å². The Balaban J connectivity index is 2.94. The molecule has 1 heterocycles. The van der Waals surface area contributed by atoms with Crippen LogP contribution in [0.4, 0.5) is 0 Å². The minimum atomic E-state index is -0.306. The number of ether oxygens (including phenoxy) is 1. The summed E-state index contributed by atoms with van der Waals surface area (Å²) >= 11 is 0. The lowest BCUT2D eigenvalue weighted by Gasteiger charge is -2.06. The highest BCUT2D eigenvalue weighted by molar-refractivity contribution is 5.88. The van der Waals surface area contributed by atoms with Gasteiger partial charge in [0.2, 0.25) is 0 Å². The van der Waals surface area contributed by atoms with Gasteiger partial charge in [0.15, 0.2) is 5.69 Å². The summed E-state index contributed by atoms with van der Waals surface area (Å²) in [5.41, 5.74) is 2.46. The van der Waals surface area contributed by atoms with Gasteiger partial charge in [0, 0.05) is 6.54 Å². The van der Waals surface area contributed by atoms with Crippen molar-refractivity contribution in [3.05, 3.63) is 29.4 Å². The zero-order valence-corrected chi connectivity index (χ0v) is 10.3. The number of hydrogen-bond donors (Lipinski definition) is 0. The molecule has 0 atom stereocenters. The molecule has 0 amide bonds. The van der Waals surface area contributed by atoms with Crippen molar-refractivity contribution in [3.8, 4) is 0 Å². The maximum atomic E-state index is 11.7. The summed E-state index contributed by atoms with van der Waals surface area (Å²) in [6, 6.07) is 0. The molecular formula is C12H18N2O2. The molecule has 0 aliphatic carbocycles. The molecule has 0 saturated carbocycles. The topological polar surface area (TPSA) is 44.1 Å². The second-order valence-electron chi connectivity index (χ2n) is 3.83. The van der Waals surface area contributed by atoms with Crippen LogP contribution in [0.1, 0.15) is 37.0 Å². The quantitative estimate of drug-likeness (QED) is 0.580. The van der Waals surface area contributed by atoms with Crippen LogP contribution in [-0.4, -0.2) is 22.1 Å². The lowest BCUT2D eigenvalue weighted by atomic mass is 10.3. The molecule has 0 aliphatic heterocycles. The Morgan fingerprint density at radius 3 is 2.81 bits per heavy atom. The second-order valence-corrected chi connectivity index (χ2v) is 3.83. The minimum Gasteiger partial charge on any atom is -0.461 e. The van der Waals surface area contributed by atoms with Crippen LogP contribution in [0.25, 0.3) is 0 Å². The molecule has 0 aliphatic rings. The Hall–Kier alpha value is -1.58. The zero-order valence-electron chi connectivity index (χ0n) is 10.3. The van der Waals surface area contributed by atoms with Crippen molar-refractivity contribution in [2.75, 3.05) is 6.61 Å². The molecule has 4 heteroatoms. The van der Waals surface area contributed by atoms with Crippen LogP contribution >= 0.6 is 0 Å². The molecule has 16 heavy (non-hydrogen) atoms. The first-order valence-electron chi connectivity index (χ1n) is 5.38. The van der Waals surface area contributed by atoms with Gasteiger partial charge >= 0.3 is 5.97 Å². The smallest absolute Gasteiger partial charge is 0.356 e. The Morgan fingerprint density at radius 1 is 1.56 bits per heavy atom. The number of rotatable bonds is 4. The first-order valence-corrected chi connectivity index (χ1v) is 5.38. The lowest BCUT2D eigenvalue weighted by Crippen LogP contribution is -2.12. The van der Waals surface area contributed by atoms with Gasteiger partial charge in [-0.15, -0.1) is 0 Å². The SMILES string of the molecule is CCOC(=O)c1c(C)ncn1CC=C(C)C. The fourth-order valence-electron chi connectivity index (χ4n) is 1.37. The number of aryl methyl sites for hydroxylation is 1. The van der Waals surface area contributed by atoms with Crippen LogP contribution in [-0.2, 0) is 11.3 Å². The van der Waals surface area contributed by atoms with Crippen molar-refractivity contribution in [1.29, 1.82) is 0 Å². The molecule has 0 radical (unpaired) electrons. The molecule has 0 N–H and O–H groups in total. The predicted octanol–water partition coefficient (Wildman–Crippen LogP) is 2.33. The second kappa shape index (κ2) is 5.49. The molecule has 1 aromatic heterocycles. The fraction of sp³-hybridized carbons (Fsp3) is 0.500. The molecule has 1 aromatic rings. The Morgan fingerprint density at radius 2 is 2.25 bits per heavy atom. The van der Waals surface area contributed by atoms with E-state index in [1.165, 1.54) is 5.57 Å². The average molecular weight is 222 g/mol. The maximum absolute atomic E-state index is 11.7. The summed E-state index contributed by atoms with van der Waals surface area (Å²) in [7, 11) is 0. The number of carbonyl (C=O) groups is 1. The summed E-state index contributed by atoms with van der Waals surface area (Å²) in [6.07, 6.45) is 3.71.